The Kier molecular flexibility index (Phi) is 4.31. The summed E-state index contributed by atoms with van der Waals surface area (Å²) in [6.07, 6.45) is 2.50. The van der Waals surface area contributed by atoms with Crippen LogP contribution in [0.1, 0.15) is 27.8 Å². The van der Waals surface area contributed by atoms with Crippen molar-refractivity contribution in [3.8, 4) is 0 Å². The number of esters is 1. The van der Waals surface area contributed by atoms with Crippen molar-refractivity contribution < 1.29 is 18.7 Å². The highest BCUT2D eigenvalue weighted by molar-refractivity contribution is 6.29. The van der Waals surface area contributed by atoms with E-state index < -0.39 is 11.9 Å². The standard InChI is InChI=1S/C12H10ClN3O4/c1-2-19-11(18)8-6-20-12(15-8)16-10(17)7-3-4-14-9(13)5-7/h3-6H,2H2,1H3,(H,15,16,17). The van der Waals surface area contributed by atoms with Crippen LogP contribution in [0, 0.1) is 0 Å². The normalized spacial score (nSPS) is 10.1. The molecule has 20 heavy (non-hydrogen) atoms. The molecule has 0 unspecified atom stereocenters. The number of carbonyl (C=O) groups excluding carboxylic acids is 2. The van der Waals surface area contributed by atoms with Crippen LogP contribution in [0.15, 0.2) is 29.0 Å². The fourth-order valence-corrected chi connectivity index (χ4v) is 1.52. The van der Waals surface area contributed by atoms with E-state index >= 15 is 0 Å². The first-order chi connectivity index (χ1) is 9.60. The summed E-state index contributed by atoms with van der Waals surface area (Å²) in [4.78, 5) is 30.8. The molecule has 0 saturated heterocycles. The molecule has 0 aliphatic rings. The van der Waals surface area contributed by atoms with E-state index in [1.165, 1.54) is 18.3 Å². The number of anilines is 1. The Bertz CT molecular complexity index is 641. The Morgan fingerprint density at radius 3 is 3.00 bits per heavy atom. The second-order valence-electron chi connectivity index (χ2n) is 3.58. The zero-order valence-electron chi connectivity index (χ0n) is 10.4. The highest BCUT2D eigenvalue weighted by atomic mass is 35.5. The molecule has 0 aliphatic carbocycles. The molecule has 2 aromatic heterocycles. The molecule has 0 spiro atoms. The Morgan fingerprint density at radius 2 is 2.30 bits per heavy atom. The van der Waals surface area contributed by atoms with Gasteiger partial charge in [0.2, 0.25) is 0 Å². The van der Waals surface area contributed by atoms with Crippen LogP contribution in [0.25, 0.3) is 0 Å². The van der Waals surface area contributed by atoms with Crippen LogP contribution in [0.5, 0.6) is 0 Å². The van der Waals surface area contributed by atoms with Crippen LogP contribution in [0.4, 0.5) is 6.01 Å². The summed E-state index contributed by atoms with van der Waals surface area (Å²) in [5, 5.41) is 2.58. The number of halogens is 1. The molecule has 8 heteroatoms. The van der Waals surface area contributed by atoms with Gasteiger partial charge in [0, 0.05) is 11.8 Å². The minimum absolute atomic E-state index is 0.0186. The van der Waals surface area contributed by atoms with Gasteiger partial charge < -0.3 is 9.15 Å². The Labute approximate surface area is 118 Å². The first-order valence-corrected chi connectivity index (χ1v) is 6.03. The molecule has 0 fully saturated rings. The molecule has 0 aromatic carbocycles. The zero-order valence-corrected chi connectivity index (χ0v) is 11.2. The zero-order chi connectivity index (χ0) is 14.5. The summed E-state index contributed by atoms with van der Waals surface area (Å²) in [6.45, 7) is 1.90. The van der Waals surface area contributed by atoms with Crippen molar-refractivity contribution in [2.75, 3.05) is 11.9 Å². The lowest BCUT2D eigenvalue weighted by Crippen LogP contribution is -2.12. The van der Waals surface area contributed by atoms with E-state index in [2.05, 4.69) is 15.3 Å². The molecule has 0 aliphatic heterocycles. The van der Waals surface area contributed by atoms with Crippen LogP contribution >= 0.6 is 11.6 Å². The lowest BCUT2D eigenvalue weighted by Gasteiger charge is -2.00. The summed E-state index contributed by atoms with van der Waals surface area (Å²) >= 11 is 5.68. The topological polar surface area (TPSA) is 94.3 Å². The van der Waals surface area contributed by atoms with Gasteiger partial charge in [0.25, 0.3) is 5.91 Å². The molecular weight excluding hydrogens is 286 g/mol. The fourth-order valence-electron chi connectivity index (χ4n) is 1.34. The maximum Gasteiger partial charge on any atom is 0.360 e. The van der Waals surface area contributed by atoms with Crippen LogP contribution in [0.3, 0.4) is 0 Å². The Hall–Kier alpha value is -2.41. The van der Waals surface area contributed by atoms with Gasteiger partial charge in [-0.05, 0) is 19.1 Å². The van der Waals surface area contributed by atoms with Gasteiger partial charge in [-0.1, -0.05) is 11.6 Å². The summed E-state index contributed by atoms with van der Waals surface area (Å²) < 4.78 is 9.71. The molecule has 104 valence electrons. The maximum absolute atomic E-state index is 11.9. The van der Waals surface area contributed by atoms with E-state index in [-0.39, 0.29) is 23.5 Å². The highest BCUT2D eigenvalue weighted by Gasteiger charge is 2.15. The van der Waals surface area contributed by atoms with Crippen LogP contribution in [0.2, 0.25) is 5.15 Å². The molecule has 0 radical (unpaired) electrons. The Balaban J connectivity index is 2.07. The number of carbonyl (C=O) groups is 2. The van der Waals surface area contributed by atoms with Gasteiger partial charge in [0.05, 0.1) is 6.61 Å². The number of hydrogen-bond acceptors (Lipinski definition) is 6. The average molecular weight is 296 g/mol. The summed E-state index contributed by atoms with van der Waals surface area (Å²) in [6, 6.07) is 2.77. The molecule has 0 saturated carbocycles. The van der Waals surface area contributed by atoms with Crippen LogP contribution < -0.4 is 5.32 Å². The number of amides is 1. The van der Waals surface area contributed by atoms with Crippen LogP contribution in [-0.4, -0.2) is 28.5 Å². The molecule has 0 bridgehead atoms. The van der Waals surface area contributed by atoms with Gasteiger partial charge in [-0.3, -0.25) is 10.1 Å². The predicted octanol–water partition coefficient (Wildman–Crippen LogP) is 2.15. The molecule has 2 heterocycles. The van der Waals surface area contributed by atoms with Gasteiger partial charge in [-0.25, -0.2) is 9.78 Å². The Morgan fingerprint density at radius 1 is 1.50 bits per heavy atom. The average Bonchev–Trinajstić information content (AvgIpc) is 2.87. The lowest BCUT2D eigenvalue weighted by atomic mass is 10.2. The number of aromatic nitrogens is 2. The van der Waals surface area contributed by atoms with Gasteiger partial charge >= 0.3 is 12.0 Å². The maximum atomic E-state index is 11.9. The second kappa shape index (κ2) is 6.16. The van der Waals surface area contributed by atoms with Gasteiger partial charge in [0.1, 0.15) is 11.4 Å². The summed E-state index contributed by atoms with van der Waals surface area (Å²) in [5.41, 5.74) is 0.274. The van der Waals surface area contributed by atoms with Crippen molar-refractivity contribution in [3.05, 3.63) is 41.0 Å². The van der Waals surface area contributed by atoms with Crippen molar-refractivity contribution in [1.29, 1.82) is 0 Å². The number of ether oxygens (including phenoxy) is 1. The van der Waals surface area contributed by atoms with E-state index in [1.807, 2.05) is 0 Å². The molecule has 2 rings (SSSR count). The molecule has 0 atom stereocenters. The van der Waals surface area contributed by atoms with Crippen molar-refractivity contribution in [2.45, 2.75) is 6.92 Å². The lowest BCUT2D eigenvalue weighted by molar-refractivity contribution is 0.0519. The van der Waals surface area contributed by atoms with E-state index in [1.54, 1.807) is 6.92 Å². The smallest absolute Gasteiger partial charge is 0.360 e. The molecule has 1 N–H and O–H groups in total. The fraction of sp³-hybridized carbons (Fsp3) is 0.167. The van der Waals surface area contributed by atoms with Crippen molar-refractivity contribution in [1.82, 2.24) is 9.97 Å². The van der Waals surface area contributed by atoms with Gasteiger partial charge in [-0.15, -0.1) is 0 Å². The SMILES string of the molecule is CCOC(=O)c1coc(NC(=O)c2ccnc(Cl)c2)n1. The number of rotatable bonds is 4. The van der Waals surface area contributed by atoms with Crippen molar-refractivity contribution in [2.24, 2.45) is 0 Å². The number of pyridine rings is 1. The van der Waals surface area contributed by atoms with Gasteiger partial charge in [-0.2, -0.15) is 4.98 Å². The number of oxazole rings is 1. The molecular formula is C12H10ClN3O4. The third kappa shape index (κ3) is 3.33. The largest absolute Gasteiger partial charge is 0.461 e. The molecule has 2 aromatic rings. The summed E-state index contributed by atoms with van der Waals surface area (Å²) in [7, 11) is 0. The first-order valence-electron chi connectivity index (χ1n) is 5.65. The number of nitrogens with one attached hydrogen (secondary N) is 1. The minimum Gasteiger partial charge on any atom is -0.461 e. The first kappa shape index (κ1) is 14.0. The summed E-state index contributed by atoms with van der Waals surface area (Å²) in [5.74, 6) is -1.10. The predicted molar refractivity (Wildman–Crippen MR) is 69.7 cm³/mol. The third-order valence-electron chi connectivity index (χ3n) is 2.20. The third-order valence-corrected chi connectivity index (χ3v) is 2.40. The van der Waals surface area contributed by atoms with Crippen LogP contribution in [-0.2, 0) is 4.74 Å². The molecule has 1 amide bonds. The number of hydrogen-bond donors (Lipinski definition) is 1. The van der Waals surface area contributed by atoms with E-state index in [9.17, 15) is 9.59 Å². The highest BCUT2D eigenvalue weighted by Crippen LogP contribution is 2.12. The number of nitrogens with zero attached hydrogens (tertiary/aromatic N) is 2. The quantitative estimate of drug-likeness (QED) is 0.686. The van der Waals surface area contributed by atoms with E-state index in [4.69, 9.17) is 20.8 Å². The van der Waals surface area contributed by atoms with E-state index in [0.717, 1.165) is 6.26 Å². The monoisotopic (exact) mass is 295 g/mol. The van der Waals surface area contributed by atoms with Crippen molar-refractivity contribution >= 4 is 29.5 Å². The van der Waals surface area contributed by atoms with Gasteiger partial charge in [0.15, 0.2) is 5.69 Å². The molecule has 7 nitrogen and oxygen atoms in total. The van der Waals surface area contributed by atoms with E-state index in [0.29, 0.717) is 5.56 Å². The van der Waals surface area contributed by atoms with Crippen molar-refractivity contribution in [3.63, 3.8) is 0 Å². The second-order valence-corrected chi connectivity index (χ2v) is 3.97. The minimum atomic E-state index is -0.622.